The van der Waals surface area contributed by atoms with Gasteiger partial charge in [-0.15, -0.1) is 10.2 Å². The molecule has 1 unspecified atom stereocenters. The quantitative estimate of drug-likeness (QED) is 0.308. The van der Waals surface area contributed by atoms with Crippen LogP contribution in [0.5, 0.6) is 0 Å². The lowest BCUT2D eigenvalue weighted by Gasteiger charge is -2.36. The number of nitriles is 1. The van der Waals surface area contributed by atoms with Gasteiger partial charge in [0, 0.05) is 37.3 Å². The number of tetrazole rings is 1. The highest BCUT2D eigenvalue weighted by molar-refractivity contribution is 5.95. The molecule has 3 amide bonds. The van der Waals surface area contributed by atoms with Gasteiger partial charge in [-0.2, -0.15) is 10.5 Å². The maximum Gasteiger partial charge on any atom is 0.251 e. The topological polar surface area (TPSA) is 169 Å². The molecule has 0 bridgehead atoms. The molecule has 4 N–H and O–H groups in total. The number of hydrogen-bond acceptors (Lipinski definition) is 8. The van der Waals surface area contributed by atoms with Crippen LogP contribution in [-0.2, 0) is 23.1 Å². The standard InChI is InChI=1S/C31H35N9O3/c1-17(35-16-27(41)40-23(15-32)12-22-13-26(22)40)14-31(30-36-38-39-37-30)24-8-6-20(28(42)33-2)10-18(24)4-5-19-11-21(29(43)34-3)7-9-25(19)31/h6-11,17,22-23,26,35H,4-5,12-14,16H2,1-3H3,(H,33,42)(H,34,43)(H,36,37,38,39)/t17-,22+,23?,26-/m0/s1. The number of likely N-dealkylation sites (tertiary alicyclic amines) is 1. The summed E-state index contributed by atoms with van der Waals surface area (Å²) >= 11 is 0. The molecule has 3 aliphatic rings. The molecule has 222 valence electrons. The van der Waals surface area contributed by atoms with Gasteiger partial charge in [-0.3, -0.25) is 14.4 Å². The van der Waals surface area contributed by atoms with E-state index in [1.165, 1.54) is 0 Å². The third-order valence-electron chi connectivity index (χ3n) is 9.25. The maximum absolute atomic E-state index is 13.3. The minimum atomic E-state index is -0.906. The smallest absolute Gasteiger partial charge is 0.251 e. The van der Waals surface area contributed by atoms with E-state index in [4.69, 9.17) is 0 Å². The molecular weight excluding hydrogens is 546 g/mol. The average Bonchev–Trinajstić information content (AvgIpc) is 3.41. The Morgan fingerprint density at radius 3 is 2.21 bits per heavy atom. The molecule has 1 saturated heterocycles. The molecule has 0 radical (unpaired) electrons. The number of piperidine rings is 1. The van der Waals surface area contributed by atoms with Gasteiger partial charge >= 0.3 is 0 Å². The number of H-pyrrole nitrogens is 1. The number of nitrogens with zero attached hydrogens (tertiary/aromatic N) is 5. The SMILES string of the molecule is CNC(=O)c1ccc2c(c1)CCc1cc(C(=O)NC)ccc1C2(C[C@H](C)NCC(=O)N1C(C#N)C[C@@H]2C[C@@H]21)c1nn[nH]n1. The fourth-order valence-corrected chi connectivity index (χ4v) is 7.13. The van der Waals surface area contributed by atoms with Crippen LogP contribution in [0.25, 0.3) is 0 Å². The van der Waals surface area contributed by atoms with Crippen LogP contribution in [0.2, 0.25) is 0 Å². The Kier molecular flexibility index (Phi) is 7.43. The molecule has 4 atom stereocenters. The van der Waals surface area contributed by atoms with Crippen molar-refractivity contribution in [3.05, 3.63) is 75.6 Å². The number of aromatic amines is 1. The lowest BCUT2D eigenvalue weighted by Crippen LogP contribution is -2.46. The van der Waals surface area contributed by atoms with Gasteiger partial charge in [-0.05, 0) is 91.5 Å². The molecule has 2 fully saturated rings. The van der Waals surface area contributed by atoms with E-state index >= 15 is 0 Å². The second kappa shape index (κ2) is 11.2. The maximum atomic E-state index is 13.3. The van der Waals surface area contributed by atoms with Crippen molar-refractivity contribution < 1.29 is 14.4 Å². The molecule has 12 nitrogen and oxygen atoms in total. The number of carbonyl (C=O) groups is 3. The molecule has 2 aromatic carbocycles. The number of carbonyl (C=O) groups excluding carboxylic acids is 3. The Morgan fingerprint density at radius 2 is 1.67 bits per heavy atom. The van der Waals surface area contributed by atoms with Crippen molar-refractivity contribution in [2.24, 2.45) is 5.92 Å². The number of aromatic nitrogens is 4. The first-order valence-corrected chi connectivity index (χ1v) is 14.7. The summed E-state index contributed by atoms with van der Waals surface area (Å²) in [5.74, 6) is 0.485. The van der Waals surface area contributed by atoms with E-state index in [0.29, 0.717) is 42.1 Å². The number of hydrogen-bond donors (Lipinski definition) is 4. The van der Waals surface area contributed by atoms with Gasteiger partial charge in [0.25, 0.3) is 11.8 Å². The van der Waals surface area contributed by atoms with E-state index in [1.54, 1.807) is 31.1 Å². The van der Waals surface area contributed by atoms with Crippen molar-refractivity contribution in [2.75, 3.05) is 20.6 Å². The highest BCUT2D eigenvalue weighted by Gasteiger charge is 2.54. The van der Waals surface area contributed by atoms with Gasteiger partial charge in [0.05, 0.1) is 18.0 Å². The van der Waals surface area contributed by atoms with Crippen LogP contribution in [-0.4, -0.2) is 82.0 Å². The first-order valence-electron chi connectivity index (χ1n) is 14.7. The first kappa shape index (κ1) is 28.5. The molecule has 1 saturated carbocycles. The Balaban J connectivity index is 1.41. The molecule has 12 heteroatoms. The van der Waals surface area contributed by atoms with Gasteiger partial charge in [-0.25, -0.2) is 0 Å². The summed E-state index contributed by atoms with van der Waals surface area (Å²) in [6.45, 7) is 2.12. The second-order valence-electron chi connectivity index (χ2n) is 11.8. The number of benzene rings is 2. The molecule has 1 aliphatic heterocycles. The third-order valence-corrected chi connectivity index (χ3v) is 9.25. The van der Waals surface area contributed by atoms with Crippen molar-refractivity contribution in [3.8, 4) is 6.07 Å². The Labute approximate surface area is 249 Å². The summed E-state index contributed by atoms with van der Waals surface area (Å²) in [4.78, 5) is 40.2. The lowest BCUT2D eigenvalue weighted by molar-refractivity contribution is -0.131. The molecule has 2 aliphatic carbocycles. The second-order valence-corrected chi connectivity index (χ2v) is 11.8. The van der Waals surface area contributed by atoms with Gasteiger partial charge in [-0.1, -0.05) is 17.3 Å². The van der Waals surface area contributed by atoms with Crippen LogP contribution in [0, 0.1) is 17.2 Å². The van der Waals surface area contributed by atoms with Crippen LogP contribution in [0.1, 0.15) is 75.0 Å². The fourth-order valence-electron chi connectivity index (χ4n) is 7.13. The summed E-state index contributed by atoms with van der Waals surface area (Å²) in [6, 6.07) is 13.3. The largest absolute Gasteiger partial charge is 0.355 e. The average molecular weight is 582 g/mol. The van der Waals surface area contributed by atoms with E-state index in [2.05, 4.69) is 42.6 Å². The van der Waals surface area contributed by atoms with Crippen molar-refractivity contribution in [2.45, 2.75) is 62.6 Å². The van der Waals surface area contributed by atoms with Crippen molar-refractivity contribution in [1.82, 2.24) is 41.5 Å². The predicted molar refractivity (Wildman–Crippen MR) is 156 cm³/mol. The van der Waals surface area contributed by atoms with E-state index in [0.717, 1.165) is 35.1 Å². The van der Waals surface area contributed by atoms with Crippen LogP contribution >= 0.6 is 0 Å². The summed E-state index contributed by atoms with van der Waals surface area (Å²) in [6.07, 6.45) is 3.47. The molecule has 43 heavy (non-hydrogen) atoms. The zero-order valence-corrected chi connectivity index (χ0v) is 24.5. The Bertz CT molecular complexity index is 1550. The Hall–Kier alpha value is -4.63. The molecule has 3 aromatic rings. The summed E-state index contributed by atoms with van der Waals surface area (Å²) in [7, 11) is 3.21. The molecular formula is C31H35N9O3. The van der Waals surface area contributed by atoms with Gasteiger partial charge in [0.15, 0.2) is 5.82 Å². The summed E-state index contributed by atoms with van der Waals surface area (Å²) < 4.78 is 0. The number of nitrogens with one attached hydrogen (secondary N) is 4. The highest BCUT2D eigenvalue weighted by Crippen LogP contribution is 2.48. The van der Waals surface area contributed by atoms with Crippen molar-refractivity contribution in [3.63, 3.8) is 0 Å². The molecule has 2 heterocycles. The highest BCUT2D eigenvalue weighted by atomic mass is 16.2. The normalized spacial score (nSPS) is 21.8. The summed E-state index contributed by atoms with van der Waals surface area (Å²) in [5, 5.41) is 33.9. The van der Waals surface area contributed by atoms with Crippen LogP contribution in [0.15, 0.2) is 36.4 Å². The zero-order valence-electron chi connectivity index (χ0n) is 24.5. The predicted octanol–water partition coefficient (Wildman–Crippen LogP) is 1.23. The summed E-state index contributed by atoms with van der Waals surface area (Å²) in [5.41, 5.74) is 4.02. The van der Waals surface area contributed by atoms with Crippen molar-refractivity contribution >= 4 is 17.7 Å². The van der Waals surface area contributed by atoms with Gasteiger partial charge in [0.1, 0.15) is 6.04 Å². The number of rotatable bonds is 8. The van der Waals surface area contributed by atoms with Crippen LogP contribution in [0.4, 0.5) is 0 Å². The molecule has 0 spiro atoms. The number of amides is 3. The Morgan fingerprint density at radius 1 is 1.05 bits per heavy atom. The third kappa shape index (κ3) is 4.93. The first-order chi connectivity index (χ1) is 20.8. The van der Waals surface area contributed by atoms with Crippen molar-refractivity contribution in [1.29, 1.82) is 5.26 Å². The lowest BCUT2D eigenvalue weighted by atomic mass is 9.67. The number of fused-ring (bicyclic) bond motifs is 3. The van der Waals surface area contributed by atoms with E-state index in [9.17, 15) is 19.6 Å². The van der Waals surface area contributed by atoms with Crippen LogP contribution < -0.4 is 16.0 Å². The van der Waals surface area contributed by atoms with Gasteiger partial charge in [0.2, 0.25) is 5.91 Å². The molecule has 1 aromatic heterocycles. The minimum Gasteiger partial charge on any atom is -0.355 e. The monoisotopic (exact) mass is 581 g/mol. The zero-order chi connectivity index (χ0) is 30.3. The van der Waals surface area contributed by atoms with Crippen LogP contribution in [0.3, 0.4) is 0 Å². The minimum absolute atomic E-state index is 0.0656. The number of aryl methyl sites for hydroxylation is 2. The van der Waals surface area contributed by atoms with E-state index < -0.39 is 5.41 Å². The molecule has 6 rings (SSSR count). The fraction of sp³-hybridized carbons (Fsp3) is 0.452. The van der Waals surface area contributed by atoms with Gasteiger partial charge < -0.3 is 20.9 Å². The van der Waals surface area contributed by atoms with E-state index in [1.807, 2.05) is 31.2 Å². The van der Waals surface area contributed by atoms with E-state index in [-0.39, 0.29) is 42.4 Å².